The van der Waals surface area contributed by atoms with Gasteiger partial charge in [-0.3, -0.25) is 9.89 Å². The van der Waals surface area contributed by atoms with Crippen LogP contribution in [-0.2, 0) is 0 Å². The second-order valence-electron chi connectivity index (χ2n) is 1.88. The molecule has 0 saturated carbocycles. The first-order chi connectivity index (χ1) is 4.63. The first-order valence-corrected chi connectivity index (χ1v) is 2.63. The lowest BCUT2D eigenvalue weighted by Crippen LogP contribution is -2.13. The average Bonchev–Trinajstić information content (AvgIpc) is 2.14. The standard InChI is InChI=1S/C5H6FN3O/c1-2-3(6)4(5(7)10)9-8-2/h1H3,(H2,7,10)(H,8,9). The highest BCUT2D eigenvalue weighted by molar-refractivity contribution is 5.91. The summed E-state index contributed by atoms with van der Waals surface area (Å²) in [5, 5.41) is 5.63. The van der Waals surface area contributed by atoms with E-state index in [9.17, 15) is 9.18 Å². The monoisotopic (exact) mass is 143 g/mol. The van der Waals surface area contributed by atoms with Crippen LogP contribution in [-0.4, -0.2) is 16.1 Å². The predicted molar refractivity (Wildman–Crippen MR) is 31.8 cm³/mol. The largest absolute Gasteiger partial charge is 0.364 e. The van der Waals surface area contributed by atoms with Gasteiger partial charge in [-0.15, -0.1) is 0 Å². The first kappa shape index (κ1) is 6.73. The van der Waals surface area contributed by atoms with Gasteiger partial charge in [0.1, 0.15) is 0 Å². The third-order valence-electron chi connectivity index (χ3n) is 1.11. The molecule has 0 aliphatic carbocycles. The lowest BCUT2D eigenvalue weighted by molar-refractivity contribution is 0.0991. The molecule has 0 radical (unpaired) electrons. The lowest BCUT2D eigenvalue weighted by atomic mass is 10.3. The van der Waals surface area contributed by atoms with Crippen LogP contribution >= 0.6 is 0 Å². The molecule has 0 bridgehead atoms. The molecule has 0 saturated heterocycles. The number of amides is 1. The number of aromatic amines is 1. The maximum atomic E-state index is 12.6. The zero-order chi connectivity index (χ0) is 7.72. The first-order valence-electron chi connectivity index (χ1n) is 2.63. The van der Waals surface area contributed by atoms with Crippen LogP contribution in [0.15, 0.2) is 0 Å². The highest BCUT2D eigenvalue weighted by atomic mass is 19.1. The molecule has 5 heteroatoms. The van der Waals surface area contributed by atoms with Gasteiger partial charge in [0.25, 0.3) is 5.91 Å². The zero-order valence-corrected chi connectivity index (χ0v) is 5.31. The number of primary amides is 1. The van der Waals surface area contributed by atoms with Gasteiger partial charge in [-0.05, 0) is 6.92 Å². The van der Waals surface area contributed by atoms with E-state index in [0.717, 1.165) is 0 Å². The average molecular weight is 143 g/mol. The summed E-state index contributed by atoms with van der Waals surface area (Å²) in [5.41, 5.74) is 4.65. The molecular weight excluding hydrogens is 137 g/mol. The number of H-pyrrole nitrogens is 1. The molecule has 1 aromatic rings. The number of nitrogens with two attached hydrogens (primary N) is 1. The van der Waals surface area contributed by atoms with Crippen LogP contribution in [0.3, 0.4) is 0 Å². The molecular formula is C5H6FN3O. The Kier molecular flexibility index (Phi) is 1.41. The minimum atomic E-state index is -0.859. The van der Waals surface area contributed by atoms with Gasteiger partial charge in [0.05, 0.1) is 5.69 Å². The third kappa shape index (κ3) is 0.854. The van der Waals surface area contributed by atoms with Crippen molar-refractivity contribution < 1.29 is 9.18 Å². The van der Waals surface area contributed by atoms with Crippen LogP contribution in [0.2, 0.25) is 0 Å². The molecule has 4 nitrogen and oxygen atoms in total. The number of hydrogen-bond donors (Lipinski definition) is 2. The fraction of sp³-hybridized carbons (Fsp3) is 0.200. The van der Waals surface area contributed by atoms with E-state index in [1.54, 1.807) is 0 Å². The Morgan fingerprint density at radius 3 is 2.60 bits per heavy atom. The normalized spacial score (nSPS) is 9.80. The van der Waals surface area contributed by atoms with Crippen LogP contribution < -0.4 is 5.73 Å². The maximum absolute atomic E-state index is 12.6. The van der Waals surface area contributed by atoms with Crippen molar-refractivity contribution >= 4 is 5.91 Å². The molecule has 0 fully saturated rings. The fourth-order valence-electron chi connectivity index (χ4n) is 0.579. The van der Waals surface area contributed by atoms with Gasteiger partial charge in [0.2, 0.25) is 0 Å². The van der Waals surface area contributed by atoms with Crippen molar-refractivity contribution in [3.05, 3.63) is 17.2 Å². The molecule has 54 valence electrons. The minimum Gasteiger partial charge on any atom is -0.364 e. The van der Waals surface area contributed by atoms with Crippen molar-refractivity contribution in [2.45, 2.75) is 6.92 Å². The van der Waals surface area contributed by atoms with Gasteiger partial charge < -0.3 is 5.73 Å². The summed E-state index contributed by atoms with van der Waals surface area (Å²) in [7, 11) is 0. The predicted octanol–water partition coefficient (Wildman–Crippen LogP) is -0.0439. The van der Waals surface area contributed by atoms with E-state index in [-0.39, 0.29) is 11.4 Å². The van der Waals surface area contributed by atoms with E-state index in [1.165, 1.54) is 6.92 Å². The van der Waals surface area contributed by atoms with Crippen molar-refractivity contribution in [2.24, 2.45) is 5.73 Å². The zero-order valence-electron chi connectivity index (χ0n) is 5.31. The molecule has 1 amide bonds. The quantitative estimate of drug-likeness (QED) is 0.578. The Labute approximate surface area is 56.2 Å². The number of aryl methyl sites for hydroxylation is 1. The Balaban J connectivity index is 3.17. The molecule has 1 rings (SSSR count). The highest BCUT2D eigenvalue weighted by Crippen LogP contribution is 2.05. The molecule has 10 heavy (non-hydrogen) atoms. The van der Waals surface area contributed by atoms with E-state index in [2.05, 4.69) is 10.2 Å². The van der Waals surface area contributed by atoms with Crippen molar-refractivity contribution in [3.63, 3.8) is 0 Å². The second kappa shape index (κ2) is 2.09. The van der Waals surface area contributed by atoms with Crippen LogP contribution in [0.25, 0.3) is 0 Å². The summed E-state index contributed by atoms with van der Waals surface area (Å²) in [4.78, 5) is 10.3. The second-order valence-corrected chi connectivity index (χ2v) is 1.88. The van der Waals surface area contributed by atoms with Gasteiger partial charge in [0.15, 0.2) is 11.5 Å². The molecule has 0 aromatic carbocycles. The molecule has 0 unspecified atom stereocenters. The minimum absolute atomic E-state index is 0.216. The summed E-state index contributed by atoms with van der Waals surface area (Å²) in [6, 6.07) is 0. The van der Waals surface area contributed by atoms with E-state index in [1.807, 2.05) is 0 Å². The Morgan fingerprint density at radius 2 is 2.40 bits per heavy atom. The van der Waals surface area contributed by atoms with E-state index < -0.39 is 11.7 Å². The number of carbonyl (C=O) groups is 1. The Morgan fingerprint density at radius 1 is 1.80 bits per heavy atom. The molecule has 0 spiro atoms. The summed E-state index contributed by atoms with van der Waals surface area (Å²) >= 11 is 0. The Hall–Kier alpha value is -1.39. The summed E-state index contributed by atoms with van der Waals surface area (Å²) < 4.78 is 12.6. The van der Waals surface area contributed by atoms with Gasteiger partial charge in [-0.1, -0.05) is 0 Å². The molecule has 1 aromatic heterocycles. The molecule has 3 N–H and O–H groups in total. The van der Waals surface area contributed by atoms with Crippen LogP contribution in [0, 0.1) is 12.7 Å². The number of aromatic nitrogens is 2. The molecule has 0 aliphatic heterocycles. The number of hydrogen-bond acceptors (Lipinski definition) is 2. The van der Waals surface area contributed by atoms with Crippen molar-refractivity contribution in [1.29, 1.82) is 0 Å². The lowest BCUT2D eigenvalue weighted by Gasteiger charge is -1.84. The van der Waals surface area contributed by atoms with Gasteiger partial charge in [-0.2, -0.15) is 5.10 Å². The fourth-order valence-corrected chi connectivity index (χ4v) is 0.579. The van der Waals surface area contributed by atoms with E-state index in [4.69, 9.17) is 5.73 Å². The third-order valence-corrected chi connectivity index (χ3v) is 1.11. The SMILES string of the molecule is Cc1[nH]nc(C(N)=O)c1F. The smallest absolute Gasteiger partial charge is 0.272 e. The van der Waals surface area contributed by atoms with Crippen LogP contribution in [0.4, 0.5) is 4.39 Å². The van der Waals surface area contributed by atoms with Crippen molar-refractivity contribution in [1.82, 2.24) is 10.2 Å². The number of rotatable bonds is 1. The number of carbonyl (C=O) groups excluding carboxylic acids is 1. The molecule has 1 heterocycles. The topological polar surface area (TPSA) is 71.8 Å². The summed E-state index contributed by atoms with van der Waals surface area (Å²) in [6.07, 6.45) is 0. The maximum Gasteiger partial charge on any atom is 0.272 e. The summed E-state index contributed by atoms with van der Waals surface area (Å²) in [5.74, 6) is -1.53. The number of halogens is 1. The van der Waals surface area contributed by atoms with Gasteiger partial charge in [0, 0.05) is 0 Å². The summed E-state index contributed by atoms with van der Waals surface area (Å²) in [6.45, 7) is 1.47. The van der Waals surface area contributed by atoms with E-state index in [0.29, 0.717) is 0 Å². The molecule has 0 atom stereocenters. The van der Waals surface area contributed by atoms with Gasteiger partial charge >= 0.3 is 0 Å². The van der Waals surface area contributed by atoms with Crippen molar-refractivity contribution in [2.75, 3.05) is 0 Å². The number of nitrogens with one attached hydrogen (secondary N) is 1. The van der Waals surface area contributed by atoms with Gasteiger partial charge in [-0.25, -0.2) is 4.39 Å². The number of nitrogens with zero attached hydrogens (tertiary/aromatic N) is 1. The van der Waals surface area contributed by atoms with Crippen LogP contribution in [0.1, 0.15) is 16.2 Å². The van der Waals surface area contributed by atoms with E-state index >= 15 is 0 Å². The van der Waals surface area contributed by atoms with Crippen molar-refractivity contribution in [3.8, 4) is 0 Å². The van der Waals surface area contributed by atoms with Crippen LogP contribution in [0.5, 0.6) is 0 Å². The molecule has 0 aliphatic rings. The Bertz CT molecular complexity index is 268. The highest BCUT2D eigenvalue weighted by Gasteiger charge is 2.13.